The van der Waals surface area contributed by atoms with Gasteiger partial charge >= 0.3 is 5.97 Å². The third kappa shape index (κ3) is 6.49. The summed E-state index contributed by atoms with van der Waals surface area (Å²) < 4.78 is 0. The van der Waals surface area contributed by atoms with Crippen molar-refractivity contribution in [3.8, 4) is 0 Å². The molecule has 5 nitrogen and oxygen atoms in total. The summed E-state index contributed by atoms with van der Waals surface area (Å²) in [7, 11) is 0. The van der Waals surface area contributed by atoms with Crippen molar-refractivity contribution in [1.82, 2.24) is 15.4 Å². The summed E-state index contributed by atoms with van der Waals surface area (Å²) in [5, 5.41) is 17.4. The minimum atomic E-state index is -0.829. The fourth-order valence-electron chi connectivity index (χ4n) is 0.434. The number of carbonyl (C=O) groups is 1. The van der Waals surface area contributed by atoms with Crippen LogP contribution in [0.5, 0.6) is 0 Å². The van der Waals surface area contributed by atoms with Crippen LogP contribution in [0.15, 0.2) is 25.4 Å². The predicted octanol–water partition coefficient (Wildman–Crippen LogP) is 1.09. The molecule has 1 aromatic rings. The van der Waals surface area contributed by atoms with Crippen molar-refractivity contribution < 1.29 is 9.90 Å². The maximum absolute atomic E-state index is 9.53. The lowest BCUT2D eigenvalue weighted by Gasteiger charge is -1.75. The Balaban J connectivity index is 0.000000226. The SMILES string of the molecule is C=CCC(=O)O.C=Cc1c[nH]nn1. The summed E-state index contributed by atoms with van der Waals surface area (Å²) in [5.74, 6) is -0.829. The molecule has 1 heterocycles. The standard InChI is InChI=1S/C4H5N3.C4H6O2/c1-2-4-3-5-7-6-4;1-2-3-4(5)6/h2-3H,1H2,(H,5,6,7);2H,1,3H2,(H,5,6). The van der Waals surface area contributed by atoms with Gasteiger partial charge in [-0.15, -0.1) is 11.7 Å². The van der Waals surface area contributed by atoms with Crippen LogP contribution in [0.2, 0.25) is 0 Å². The van der Waals surface area contributed by atoms with E-state index in [1.54, 1.807) is 12.3 Å². The number of aromatic nitrogens is 3. The van der Waals surface area contributed by atoms with Crippen molar-refractivity contribution in [3.05, 3.63) is 31.1 Å². The maximum atomic E-state index is 9.53. The maximum Gasteiger partial charge on any atom is 0.307 e. The van der Waals surface area contributed by atoms with Crippen molar-refractivity contribution in [1.29, 1.82) is 0 Å². The molecule has 2 N–H and O–H groups in total. The molecular weight excluding hydrogens is 170 g/mol. The molecule has 0 radical (unpaired) electrons. The van der Waals surface area contributed by atoms with Crippen molar-refractivity contribution in [3.63, 3.8) is 0 Å². The minimum Gasteiger partial charge on any atom is -0.481 e. The van der Waals surface area contributed by atoms with Crippen LogP contribution < -0.4 is 0 Å². The second-order valence-corrected chi connectivity index (χ2v) is 1.99. The molecule has 0 fully saturated rings. The smallest absolute Gasteiger partial charge is 0.307 e. The van der Waals surface area contributed by atoms with Gasteiger partial charge in [0.15, 0.2) is 0 Å². The van der Waals surface area contributed by atoms with E-state index in [0.29, 0.717) is 0 Å². The van der Waals surface area contributed by atoms with E-state index in [1.165, 1.54) is 6.08 Å². The summed E-state index contributed by atoms with van der Waals surface area (Å²) in [4.78, 5) is 9.53. The molecule has 0 bridgehead atoms. The molecule has 0 spiro atoms. The normalized spacial score (nSPS) is 8.00. The Morgan fingerprint density at radius 1 is 1.69 bits per heavy atom. The van der Waals surface area contributed by atoms with Gasteiger partial charge in [-0.3, -0.25) is 9.89 Å². The summed E-state index contributed by atoms with van der Waals surface area (Å²) in [6.45, 7) is 6.70. The monoisotopic (exact) mass is 181 g/mol. The third-order valence-corrected chi connectivity index (χ3v) is 0.964. The largest absolute Gasteiger partial charge is 0.481 e. The van der Waals surface area contributed by atoms with Crippen LogP contribution in [-0.4, -0.2) is 26.5 Å². The molecule has 1 rings (SSSR count). The molecule has 0 amide bonds. The van der Waals surface area contributed by atoms with Crippen LogP contribution in [0.1, 0.15) is 12.1 Å². The summed E-state index contributed by atoms with van der Waals surface area (Å²) in [6.07, 6.45) is 4.71. The zero-order valence-electron chi connectivity index (χ0n) is 7.10. The van der Waals surface area contributed by atoms with Gasteiger partial charge in [0.05, 0.1) is 6.42 Å². The number of hydrogen-bond acceptors (Lipinski definition) is 3. The molecule has 0 unspecified atom stereocenters. The molecule has 0 atom stereocenters. The van der Waals surface area contributed by atoms with Gasteiger partial charge in [-0.1, -0.05) is 17.9 Å². The van der Waals surface area contributed by atoms with Gasteiger partial charge in [0, 0.05) is 6.20 Å². The Labute approximate surface area is 75.8 Å². The van der Waals surface area contributed by atoms with Gasteiger partial charge in [-0.05, 0) is 6.08 Å². The minimum absolute atomic E-state index is 0.0556. The van der Waals surface area contributed by atoms with Crippen LogP contribution in [0, 0.1) is 0 Å². The predicted molar refractivity (Wildman–Crippen MR) is 48.9 cm³/mol. The molecule has 0 aliphatic rings. The number of hydrogen-bond donors (Lipinski definition) is 2. The number of rotatable bonds is 3. The van der Waals surface area contributed by atoms with Crippen LogP contribution >= 0.6 is 0 Å². The summed E-state index contributed by atoms with van der Waals surface area (Å²) in [5.41, 5.74) is 0.778. The lowest BCUT2D eigenvalue weighted by atomic mass is 10.4. The van der Waals surface area contributed by atoms with Crippen LogP contribution in [0.4, 0.5) is 0 Å². The first-order valence-corrected chi connectivity index (χ1v) is 3.52. The number of H-pyrrole nitrogens is 1. The Hall–Kier alpha value is -1.91. The molecular formula is C8H11N3O2. The number of aliphatic carboxylic acids is 1. The topological polar surface area (TPSA) is 78.9 Å². The molecule has 0 saturated heterocycles. The highest BCUT2D eigenvalue weighted by molar-refractivity contribution is 5.68. The first kappa shape index (κ1) is 11.1. The third-order valence-electron chi connectivity index (χ3n) is 0.964. The molecule has 70 valence electrons. The van der Waals surface area contributed by atoms with Crippen LogP contribution in [-0.2, 0) is 4.79 Å². The first-order chi connectivity index (χ1) is 6.20. The highest BCUT2D eigenvalue weighted by Gasteiger charge is 1.84. The number of carboxylic acid groups (broad SMARTS) is 1. The Morgan fingerprint density at radius 2 is 2.38 bits per heavy atom. The van der Waals surface area contributed by atoms with Crippen molar-refractivity contribution in [2.75, 3.05) is 0 Å². The number of carboxylic acids is 1. The van der Waals surface area contributed by atoms with Gasteiger partial charge in [0.1, 0.15) is 5.69 Å². The van der Waals surface area contributed by atoms with Gasteiger partial charge in [-0.2, -0.15) is 0 Å². The lowest BCUT2D eigenvalue weighted by molar-refractivity contribution is -0.135. The average molecular weight is 181 g/mol. The van der Waals surface area contributed by atoms with Crippen LogP contribution in [0.25, 0.3) is 6.08 Å². The zero-order chi connectivity index (χ0) is 10.1. The molecule has 0 saturated carbocycles. The molecule has 0 aliphatic heterocycles. The van der Waals surface area contributed by atoms with Gasteiger partial charge in [0.25, 0.3) is 0 Å². The molecule has 0 aromatic carbocycles. The lowest BCUT2D eigenvalue weighted by Crippen LogP contribution is -1.88. The number of nitrogens with one attached hydrogen (secondary N) is 1. The second-order valence-electron chi connectivity index (χ2n) is 1.99. The highest BCUT2D eigenvalue weighted by Crippen LogP contribution is 1.86. The van der Waals surface area contributed by atoms with E-state index in [2.05, 4.69) is 28.6 Å². The average Bonchev–Trinajstić information content (AvgIpc) is 2.56. The second kappa shape index (κ2) is 6.78. The quantitative estimate of drug-likeness (QED) is 0.684. The van der Waals surface area contributed by atoms with Gasteiger partial charge < -0.3 is 5.11 Å². The van der Waals surface area contributed by atoms with Gasteiger partial charge in [-0.25, -0.2) is 0 Å². The van der Waals surface area contributed by atoms with E-state index in [9.17, 15) is 4.79 Å². The Bertz CT molecular complexity index is 267. The van der Waals surface area contributed by atoms with Crippen molar-refractivity contribution in [2.24, 2.45) is 0 Å². The highest BCUT2D eigenvalue weighted by atomic mass is 16.4. The van der Waals surface area contributed by atoms with E-state index in [1.807, 2.05) is 0 Å². The van der Waals surface area contributed by atoms with Crippen molar-refractivity contribution in [2.45, 2.75) is 6.42 Å². The van der Waals surface area contributed by atoms with E-state index in [4.69, 9.17) is 5.11 Å². The first-order valence-electron chi connectivity index (χ1n) is 3.52. The van der Waals surface area contributed by atoms with E-state index in [0.717, 1.165) is 5.69 Å². The molecule has 13 heavy (non-hydrogen) atoms. The summed E-state index contributed by atoms with van der Waals surface area (Å²) in [6, 6.07) is 0. The summed E-state index contributed by atoms with van der Waals surface area (Å²) >= 11 is 0. The van der Waals surface area contributed by atoms with Gasteiger partial charge in [0.2, 0.25) is 0 Å². The van der Waals surface area contributed by atoms with Crippen LogP contribution in [0.3, 0.4) is 0 Å². The molecule has 5 heteroatoms. The molecule has 0 aliphatic carbocycles. The Kier molecular flexibility index (Phi) is 5.78. The van der Waals surface area contributed by atoms with E-state index < -0.39 is 5.97 Å². The van der Waals surface area contributed by atoms with Crippen molar-refractivity contribution >= 4 is 12.0 Å². The zero-order valence-corrected chi connectivity index (χ0v) is 7.10. The number of nitrogens with zero attached hydrogens (tertiary/aromatic N) is 2. The molecule has 1 aromatic heterocycles. The fraction of sp³-hybridized carbons (Fsp3) is 0.125. The van der Waals surface area contributed by atoms with E-state index >= 15 is 0 Å². The number of aromatic amines is 1. The Morgan fingerprint density at radius 3 is 2.54 bits per heavy atom. The van der Waals surface area contributed by atoms with E-state index in [-0.39, 0.29) is 6.42 Å². The fourth-order valence-corrected chi connectivity index (χ4v) is 0.434.